The van der Waals surface area contributed by atoms with Crippen LogP contribution in [0.5, 0.6) is 5.75 Å². The lowest BCUT2D eigenvalue weighted by Crippen LogP contribution is -2.15. The molecule has 0 saturated heterocycles. The van der Waals surface area contributed by atoms with Gasteiger partial charge >= 0.3 is 5.97 Å². The fourth-order valence-electron chi connectivity index (χ4n) is 2.19. The topological polar surface area (TPSA) is 46.5 Å². The predicted molar refractivity (Wildman–Crippen MR) is 78.2 cm³/mol. The number of methoxy groups -OCH3 is 1. The Morgan fingerprint density at radius 1 is 1.24 bits per heavy atom. The second-order valence-corrected chi connectivity index (χ2v) is 4.96. The number of halogens is 1. The molecule has 21 heavy (non-hydrogen) atoms. The second-order valence-electron chi connectivity index (χ2n) is 4.96. The van der Waals surface area contributed by atoms with E-state index >= 15 is 0 Å². The van der Waals surface area contributed by atoms with Crippen molar-refractivity contribution in [3.63, 3.8) is 0 Å². The van der Waals surface area contributed by atoms with Crippen LogP contribution in [0.2, 0.25) is 0 Å². The zero-order valence-electron chi connectivity index (χ0n) is 12.0. The molecule has 0 amide bonds. The van der Waals surface area contributed by atoms with Gasteiger partial charge in [0.05, 0.1) is 13.0 Å². The number of hydrogen-bond acceptors (Lipinski definition) is 2. The van der Waals surface area contributed by atoms with Crippen LogP contribution in [0.15, 0.2) is 42.5 Å². The average molecular weight is 288 g/mol. The van der Waals surface area contributed by atoms with Crippen molar-refractivity contribution < 1.29 is 19.0 Å². The van der Waals surface area contributed by atoms with Crippen molar-refractivity contribution in [3.8, 4) is 5.75 Å². The van der Waals surface area contributed by atoms with Crippen molar-refractivity contribution in [2.45, 2.75) is 19.3 Å². The molecule has 0 aromatic heterocycles. The van der Waals surface area contributed by atoms with Crippen LogP contribution in [-0.2, 0) is 11.2 Å². The molecule has 2 aromatic rings. The summed E-state index contributed by atoms with van der Waals surface area (Å²) in [5.41, 5.74) is 2.09. The Morgan fingerprint density at radius 2 is 1.90 bits per heavy atom. The predicted octanol–water partition coefficient (Wildman–Crippen LogP) is 3.55. The summed E-state index contributed by atoms with van der Waals surface area (Å²) in [6.45, 7) is 1.93. The largest absolute Gasteiger partial charge is 0.497 e. The summed E-state index contributed by atoms with van der Waals surface area (Å²) in [5.74, 6) is -1.77. The van der Waals surface area contributed by atoms with E-state index in [1.54, 1.807) is 24.3 Å². The molecule has 1 N–H and O–H groups in total. The Labute approximate surface area is 123 Å². The van der Waals surface area contributed by atoms with Gasteiger partial charge in [-0.3, -0.25) is 4.79 Å². The Hall–Kier alpha value is -2.36. The standard InChI is InChI=1S/C17H17FO3/c1-11-3-5-12(6-4-11)15(17(19)20)9-13-7-8-14(21-2)10-16(13)18/h3-8,10,15H,9H2,1-2H3,(H,19,20). The van der Waals surface area contributed by atoms with Gasteiger partial charge in [-0.05, 0) is 30.5 Å². The zero-order chi connectivity index (χ0) is 15.4. The highest BCUT2D eigenvalue weighted by molar-refractivity contribution is 5.76. The first-order valence-electron chi connectivity index (χ1n) is 6.63. The van der Waals surface area contributed by atoms with E-state index in [0.717, 1.165) is 5.56 Å². The summed E-state index contributed by atoms with van der Waals surface area (Å²) in [4.78, 5) is 11.5. The van der Waals surface area contributed by atoms with E-state index in [-0.39, 0.29) is 6.42 Å². The van der Waals surface area contributed by atoms with Gasteiger partial charge in [0.15, 0.2) is 0 Å². The second kappa shape index (κ2) is 6.39. The molecule has 1 atom stereocenters. The lowest BCUT2D eigenvalue weighted by molar-refractivity contribution is -0.138. The molecule has 0 aliphatic carbocycles. The molecule has 0 heterocycles. The van der Waals surface area contributed by atoms with Crippen molar-refractivity contribution in [1.82, 2.24) is 0 Å². The van der Waals surface area contributed by atoms with E-state index in [9.17, 15) is 14.3 Å². The van der Waals surface area contributed by atoms with Crippen LogP contribution in [-0.4, -0.2) is 18.2 Å². The summed E-state index contributed by atoms with van der Waals surface area (Å²) in [7, 11) is 1.46. The van der Waals surface area contributed by atoms with Crippen LogP contribution in [0, 0.1) is 12.7 Å². The lowest BCUT2D eigenvalue weighted by Gasteiger charge is -2.14. The first-order chi connectivity index (χ1) is 10.0. The maximum atomic E-state index is 14.0. The van der Waals surface area contributed by atoms with Gasteiger partial charge in [-0.15, -0.1) is 0 Å². The number of carboxylic acid groups (broad SMARTS) is 1. The van der Waals surface area contributed by atoms with Gasteiger partial charge in [0, 0.05) is 6.07 Å². The highest BCUT2D eigenvalue weighted by atomic mass is 19.1. The minimum atomic E-state index is -0.964. The van der Waals surface area contributed by atoms with Crippen molar-refractivity contribution >= 4 is 5.97 Å². The maximum absolute atomic E-state index is 14.0. The first kappa shape index (κ1) is 15.0. The quantitative estimate of drug-likeness (QED) is 0.915. The third kappa shape index (κ3) is 3.60. The molecule has 1 unspecified atom stereocenters. The van der Waals surface area contributed by atoms with Crippen LogP contribution < -0.4 is 4.74 Å². The lowest BCUT2D eigenvalue weighted by atomic mass is 9.91. The number of ether oxygens (including phenoxy) is 1. The molecule has 0 aliphatic rings. The van der Waals surface area contributed by atoms with Gasteiger partial charge < -0.3 is 9.84 Å². The van der Waals surface area contributed by atoms with E-state index in [1.165, 1.54) is 13.2 Å². The van der Waals surface area contributed by atoms with E-state index in [1.807, 2.05) is 19.1 Å². The summed E-state index contributed by atoms with van der Waals surface area (Å²) >= 11 is 0. The number of aryl methyl sites for hydroxylation is 1. The summed E-state index contributed by atoms with van der Waals surface area (Å²) < 4.78 is 18.9. The molecule has 2 rings (SSSR count). The average Bonchev–Trinajstić information content (AvgIpc) is 2.46. The molecular formula is C17H17FO3. The molecule has 0 spiro atoms. The fourth-order valence-corrected chi connectivity index (χ4v) is 2.19. The van der Waals surface area contributed by atoms with Crippen molar-refractivity contribution in [3.05, 3.63) is 65.0 Å². The molecular weight excluding hydrogens is 271 g/mol. The van der Waals surface area contributed by atoms with E-state index in [4.69, 9.17) is 4.74 Å². The van der Waals surface area contributed by atoms with Gasteiger partial charge in [0.1, 0.15) is 11.6 Å². The molecule has 3 nitrogen and oxygen atoms in total. The smallest absolute Gasteiger partial charge is 0.311 e. The zero-order valence-corrected chi connectivity index (χ0v) is 12.0. The highest BCUT2D eigenvalue weighted by Crippen LogP contribution is 2.25. The Balaban J connectivity index is 2.28. The molecule has 4 heteroatoms. The van der Waals surface area contributed by atoms with Crippen molar-refractivity contribution in [2.24, 2.45) is 0 Å². The number of rotatable bonds is 5. The number of aliphatic carboxylic acids is 1. The molecule has 0 bridgehead atoms. The number of carboxylic acids is 1. The molecule has 0 radical (unpaired) electrons. The molecule has 0 saturated carbocycles. The first-order valence-corrected chi connectivity index (χ1v) is 6.63. The minimum Gasteiger partial charge on any atom is -0.497 e. The monoisotopic (exact) mass is 288 g/mol. The van der Waals surface area contributed by atoms with E-state index < -0.39 is 17.7 Å². The van der Waals surface area contributed by atoms with Crippen LogP contribution in [0.3, 0.4) is 0 Å². The third-order valence-corrected chi connectivity index (χ3v) is 3.46. The van der Waals surface area contributed by atoms with Gasteiger partial charge in [-0.2, -0.15) is 0 Å². The van der Waals surface area contributed by atoms with Crippen molar-refractivity contribution in [1.29, 1.82) is 0 Å². The normalized spacial score (nSPS) is 12.0. The van der Waals surface area contributed by atoms with Gasteiger partial charge in [0.2, 0.25) is 0 Å². The molecule has 0 aliphatic heterocycles. The van der Waals surface area contributed by atoms with Crippen LogP contribution in [0.4, 0.5) is 4.39 Å². The maximum Gasteiger partial charge on any atom is 0.311 e. The van der Waals surface area contributed by atoms with Crippen molar-refractivity contribution in [2.75, 3.05) is 7.11 Å². The van der Waals surface area contributed by atoms with E-state index in [0.29, 0.717) is 16.9 Å². The summed E-state index contributed by atoms with van der Waals surface area (Å²) in [6, 6.07) is 11.7. The highest BCUT2D eigenvalue weighted by Gasteiger charge is 2.22. The SMILES string of the molecule is COc1ccc(CC(C(=O)O)c2ccc(C)cc2)c(F)c1. The van der Waals surface area contributed by atoms with Gasteiger partial charge in [-0.25, -0.2) is 4.39 Å². The number of hydrogen-bond donors (Lipinski definition) is 1. The minimum absolute atomic E-state index is 0.105. The van der Waals surface area contributed by atoms with Crippen LogP contribution in [0.25, 0.3) is 0 Å². The summed E-state index contributed by atoms with van der Waals surface area (Å²) in [5, 5.41) is 9.40. The number of carbonyl (C=O) groups is 1. The van der Waals surface area contributed by atoms with Gasteiger partial charge in [0.25, 0.3) is 0 Å². The van der Waals surface area contributed by atoms with Gasteiger partial charge in [-0.1, -0.05) is 35.9 Å². The third-order valence-electron chi connectivity index (χ3n) is 3.46. The molecule has 0 fully saturated rings. The van der Waals surface area contributed by atoms with E-state index in [2.05, 4.69) is 0 Å². The van der Waals surface area contributed by atoms with Crippen LogP contribution in [0.1, 0.15) is 22.6 Å². The molecule has 2 aromatic carbocycles. The Bertz CT molecular complexity index is 635. The van der Waals surface area contributed by atoms with Crippen LogP contribution >= 0.6 is 0 Å². The summed E-state index contributed by atoms with van der Waals surface area (Å²) in [6.07, 6.45) is 0.105. The Morgan fingerprint density at radius 3 is 2.43 bits per heavy atom. The molecule has 110 valence electrons. The number of benzene rings is 2. The fraction of sp³-hybridized carbons (Fsp3) is 0.235. The Kier molecular flexibility index (Phi) is 4.58.